The Balaban J connectivity index is 2.21. The summed E-state index contributed by atoms with van der Waals surface area (Å²) in [6.45, 7) is 9.34. The lowest BCUT2D eigenvalue weighted by Crippen LogP contribution is -2.44. The number of ether oxygens (including phenoxy) is 1. The van der Waals surface area contributed by atoms with Crippen molar-refractivity contribution in [2.24, 2.45) is 11.7 Å². The van der Waals surface area contributed by atoms with Crippen LogP contribution in [0.1, 0.15) is 26.7 Å². The van der Waals surface area contributed by atoms with E-state index in [9.17, 15) is 0 Å². The van der Waals surface area contributed by atoms with Gasteiger partial charge in [-0.15, -0.1) is 0 Å². The highest BCUT2D eigenvalue weighted by molar-refractivity contribution is 4.72. The smallest absolute Gasteiger partial charge is 0.0619 e. The fourth-order valence-corrected chi connectivity index (χ4v) is 1.93. The van der Waals surface area contributed by atoms with Crippen LogP contribution in [0.25, 0.3) is 0 Å². The van der Waals surface area contributed by atoms with E-state index in [4.69, 9.17) is 10.5 Å². The van der Waals surface area contributed by atoms with Crippen LogP contribution in [-0.4, -0.2) is 43.8 Å². The summed E-state index contributed by atoms with van der Waals surface area (Å²) in [4.78, 5) is 2.52. The molecule has 1 fully saturated rings. The summed E-state index contributed by atoms with van der Waals surface area (Å²) in [5.74, 6) is 0.699. The Labute approximate surface area is 87.6 Å². The van der Waals surface area contributed by atoms with Crippen molar-refractivity contribution in [1.29, 1.82) is 0 Å². The lowest BCUT2D eigenvalue weighted by Gasteiger charge is -2.34. The first-order chi connectivity index (χ1) is 6.77. The summed E-state index contributed by atoms with van der Waals surface area (Å²) in [5.41, 5.74) is 5.69. The van der Waals surface area contributed by atoms with Crippen molar-refractivity contribution in [1.82, 2.24) is 4.90 Å². The van der Waals surface area contributed by atoms with E-state index in [-0.39, 0.29) is 0 Å². The first-order valence-electron chi connectivity index (χ1n) is 5.79. The van der Waals surface area contributed by atoms with Gasteiger partial charge in [0.1, 0.15) is 0 Å². The molecule has 3 heteroatoms. The van der Waals surface area contributed by atoms with Gasteiger partial charge in [0.15, 0.2) is 0 Å². The second-order valence-electron chi connectivity index (χ2n) is 4.26. The fraction of sp³-hybridized carbons (Fsp3) is 1.00. The minimum absolute atomic E-state index is 0.582. The molecule has 1 saturated heterocycles. The molecule has 1 rings (SSSR count). The second kappa shape index (κ2) is 6.38. The standard InChI is InChI=1S/C11H24N2O/c1-3-11(8-12)4-5-13-6-7-14-9-10(13)2/h10-11H,3-9,12H2,1-2H3. The molecule has 0 aromatic rings. The van der Waals surface area contributed by atoms with Gasteiger partial charge in [0, 0.05) is 12.6 Å². The highest BCUT2D eigenvalue weighted by Gasteiger charge is 2.18. The van der Waals surface area contributed by atoms with Gasteiger partial charge in [0.25, 0.3) is 0 Å². The summed E-state index contributed by atoms with van der Waals surface area (Å²) in [6, 6.07) is 0.582. The van der Waals surface area contributed by atoms with Crippen LogP contribution in [0.15, 0.2) is 0 Å². The van der Waals surface area contributed by atoms with Crippen molar-refractivity contribution < 1.29 is 4.74 Å². The van der Waals surface area contributed by atoms with Crippen LogP contribution in [0, 0.1) is 5.92 Å². The van der Waals surface area contributed by atoms with Gasteiger partial charge in [-0.1, -0.05) is 13.3 Å². The Kier molecular flexibility index (Phi) is 5.45. The predicted molar refractivity (Wildman–Crippen MR) is 59.3 cm³/mol. The number of hydrogen-bond acceptors (Lipinski definition) is 3. The van der Waals surface area contributed by atoms with Crippen LogP contribution in [0.3, 0.4) is 0 Å². The lowest BCUT2D eigenvalue weighted by molar-refractivity contribution is -0.00245. The van der Waals surface area contributed by atoms with E-state index >= 15 is 0 Å². The molecule has 2 N–H and O–H groups in total. The molecule has 0 aromatic heterocycles. The molecule has 1 aliphatic heterocycles. The van der Waals surface area contributed by atoms with Crippen LogP contribution in [0.5, 0.6) is 0 Å². The Bertz CT molecular complexity index is 148. The SMILES string of the molecule is CCC(CN)CCN1CCOCC1C. The summed E-state index contributed by atoms with van der Waals surface area (Å²) >= 11 is 0. The quantitative estimate of drug-likeness (QED) is 0.722. The summed E-state index contributed by atoms with van der Waals surface area (Å²) < 4.78 is 5.41. The van der Waals surface area contributed by atoms with E-state index in [1.165, 1.54) is 19.4 Å². The van der Waals surface area contributed by atoms with Crippen LogP contribution in [0.2, 0.25) is 0 Å². The third-order valence-electron chi connectivity index (χ3n) is 3.24. The molecular weight excluding hydrogens is 176 g/mol. The van der Waals surface area contributed by atoms with Gasteiger partial charge in [0.05, 0.1) is 13.2 Å². The monoisotopic (exact) mass is 200 g/mol. The average molecular weight is 200 g/mol. The van der Waals surface area contributed by atoms with E-state index in [0.29, 0.717) is 12.0 Å². The maximum atomic E-state index is 5.69. The molecule has 0 amide bonds. The van der Waals surface area contributed by atoms with Crippen LogP contribution < -0.4 is 5.73 Å². The van der Waals surface area contributed by atoms with Gasteiger partial charge in [-0.25, -0.2) is 0 Å². The molecule has 14 heavy (non-hydrogen) atoms. The Hall–Kier alpha value is -0.120. The molecule has 0 aromatic carbocycles. The largest absolute Gasteiger partial charge is 0.379 e. The van der Waals surface area contributed by atoms with Crippen molar-refractivity contribution in [3.63, 3.8) is 0 Å². The van der Waals surface area contributed by atoms with Crippen LogP contribution in [0.4, 0.5) is 0 Å². The van der Waals surface area contributed by atoms with Gasteiger partial charge < -0.3 is 10.5 Å². The maximum Gasteiger partial charge on any atom is 0.0619 e. The third kappa shape index (κ3) is 3.56. The minimum atomic E-state index is 0.582. The fourth-order valence-electron chi connectivity index (χ4n) is 1.93. The Morgan fingerprint density at radius 1 is 1.57 bits per heavy atom. The van der Waals surface area contributed by atoms with Crippen LogP contribution >= 0.6 is 0 Å². The van der Waals surface area contributed by atoms with Gasteiger partial charge in [-0.05, 0) is 32.4 Å². The topological polar surface area (TPSA) is 38.5 Å². The van der Waals surface area contributed by atoms with Gasteiger partial charge in [-0.3, -0.25) is 4.90 Å². The predicted octanol–water partition coefficient (Wildman–Crippen LogP) is 1.08. The zero-order valence-corrected chi connectivity index (χ0v) is 9.54. The lowest BCUT2D eigenvalue weighted by atomic mass is 10.0. The van der Waals surface area contributed by atoms with Gasteiger partial charge in [-0.2, -0.15) is 0 Å². The van der Waals surface area contributed by atoms with Gasteiger partial charge in [0.2, 0.25) is 0 Å². The number of hydrogen-bond donors (Lipinski definition) is 1. The molecule has 0 aliphatic carbocycles. The molecule has 2 unspecified atom stereocenters. The molecule has 2 atom stereocenters. The molecular formula is C11H24N2O. The number of nitrogens with zero attached hydrogens (tertiary/aromatic N) is 1. The summed E-state index contributed by atoms with van der Waals surface area (Å²) in [7, 11) is 0. The molecule has 0 spiro atoms. The molecule has 0 saturated carbocycles. The van der Waals surface area contributed by atoms with E-state index in [1.807, 2.05) is 0 Å². The normalized spacial score (nSPS) is 26.4. The highest BCUT2D eigenvalue weighted by atomic mass is 16.5. The first kappa shape index (κ1) is 12.0. The van der Waals surface area contributed by atoms with Gasteiger partial charge >= 0.3 is 0 Å². The third-order valence-corrected chi connectivity index (χ3v) is 3.24. The summed E-state index contributed by atoms with van der Waals surface area (Å²) in [5, 5.41) is 0. The average Bonchev–Trinajstić information content (AvgIpc) is 2.22. The van der Waals surface area contributed by atoms with Crippen molar-refractivity contribution in [3.8, 4) is 0 Å². The maximum absolute atomic E-state index is 5.69. The minimum Gasteiger partial charge on any atom is -0.379 e. The Morgan fingerprint density at radius 2 is 2.36 bits per heavy atom. The summed E-state index contributed by atoms with van der Waals surface area (Å²) in [6.07, 6.45) is 2.44. The molecule has 3 nitrogen and oxygen atoms in total. The van der Waals surface area contributed by atoms with E-state index < -0.39 is 0 Å². The first-order valence-corrected chi connectivity index (χ1v) is 5.79. The molecule has 84 valence electrons. The molecule has 1 aliphatic rings. The zero-order valence-electron chi connectivity index (χ0n) is 9.54. The van der Waals surface area contributed by atoms with E-state index in [2.05, 4.69) is 18.7 Å². The zero-order chi connectivity index (χ0) is 10.4. The second-order valence-corrected chi connectivity index (χ2v) is 4.26. The molecule has 1 heterocycles. The number of nitrogens with two attached hydrogens (primary N) is 1. The van der Waals surface area contributed by atoms with Crippen LogP contribution in [-0.2, 0) is 4.74 Å². The molecule has 0 radical (unpaired) electrons. The van der Waals surface area contributed by atoms with Crippen molar-refractivity contribution in [3.05, 3.63) is 0 Å². The van der Waals surface area contributed by atoms with Crippen molar-refractivity contribution in [2.45, 2.75) is 32.7 Å². The Morgan fingerprint density at radius 3 is 2.93 bits per heavy atom. The van der Waals surface area contributed by atoms with Crippen molar-refractivity contribution >= 4 is 0 Å². The van der Waals surface area contributed by atoms with E-state index in [0.717, 1.165) is 26.3 Å². The highest BCUT2D eigenvalue weighted by Crippen LogP contribution is 2.11. The van der Waals surface area contributed by atoms with Crippen molar-refractivity contribution in [2.75, 3.05) is 32.8 Å². The number of rotatable bonds is 5. The molecule has 0 bridgehead atoms. The number of morpholine rings is 1. The van der Waals surface area contributed by atoms with E-state index in [1.54, 1.807) is 0 Å².